The van der Waals surface area contributed by atoms with Crippen molar-refractivity contribution in [1.29, 1.82) is 0 Å². The largest absolute Gasteiger partial charge is 0.374 e. The molecule has 3 rings (SSSR count). The summed E-state index contributed by atoms with van der Waals surface area (Å²) < 4.78 is 19.5. The zero-order valence-corrected chi connectivity index (χ0v) is 17.0. The molecule has 1 heterocycles. The van der Waals surface area contributed by atoms with E-state index in [1.807, 2.05) is 58.0 Å². The van der Waals surface area contributed by atoms with Crippen molar-refractivity contribution in [3.8, 4) is 0 Å². The van der Waals surface area contributed by atoms with Crippen LogP contribution in [0.1, 0.15) is 51.0 Å². The minimum absolute atomic E-state index is 0.115. The van der Waals surface area contributed by atoms with Crippen LogP contribution in [-0.4, -0.2) is 16.0 Å². The van der Waals surface area contributed by atoms with Crippen molar-refractivity contribution in [3.05, 3.63) is 71.6 Å². The standard InChI is InChI=1S/C22H25FN4O2/c1-14(20-26-21(27-29-20)22(2,3)4)24-16-10-11-17(23)18(13-16)25-19(28)12-15-8-6-5-7-9-15/h5-11,13-14,24H,12H2,1-4H3,(H,25,28). The summed E-state index contributed by atoms with van der Waals surface area (Å²) in [5.74, 6) is 0.271. The summed E-state index contributed by atoms with van der Waals surface area (Å²) in [6.07, 6.45) is 0.173. The van der Waals surface area contributed by atoms with Gasteiger partial charge in [-0.1, -0.05) is 56.3 Å². The number of nitrogens with one attached hydrogen (secondary N) is 2. The van der Waals surface area contributed by atoms with E-state index in [2.05, 4.69) is 20.8 Å². The van der Waals surface area contributed by atoms with Crippen LogP contribution in [0, 0.1) is 5.82 Å². The highest BCUT2D eigenvalue weighted by molar-refractivity contribution is 5.92. The fourth-order valence-electron chi connectivity index (χ4n) is 2.71. The van der Waals surface area contributed by atoms with Gasteiger partial charge in [0.15, 0.2) is 5.82 Å². The summed E-state index contributed by atoms with van der Waals surface area (Å²) in [7, 11) is 0. The Morgan fingerprint density at radius 2 is 1.90 bits per heavy atom. The average molecular weight is 396 g/mol. The first-order chi connectivity index (χ1) is 13.7. The molecular weight excluding hydrogens is 371 g/mol. The first-order valence-electron chi connectivity index (χ1n) is 9.46. The summed E-state index contributed by atoms with van der Waals surface area (Å²) in [6, 6.07) is 13.5. The second-order valence-electron chi connectivity index (χ2n) is 7.98. The Labute approximate surface area is 169 Å². The lowest BCUT2D eigenvalue weighted by atomic mass is 9.96. The number of amides is 1. The maximum Gasteiger partial charge on any atom is 0.248 e. The van der Waals surface area contributed by atoms with Crippen molar-refractivity contribution in [3.63, 3.8) is 0 Å². The maximum absolute atomic E-state index is 14.2. The minimum atomic E-state index is -0.502. The molecular formula is C22H25FN4O2. The van der Waals surface area contributed by atoms with Gasteiger partial charge in [-0.15, -0.1) is 0 Å². The van der Waals surface area contributed by atoms with Gasteiger partial charge in [-0.3, -0.25) is 4.79 Å². The van der Waals surface area contributed by atoms with Crippen LogP contribution < -0.4 is 10.6 Å². The van der Waals surface area contributed by atoms with E-state index >= 15 is 0 Å². The van der Waals surface area contributed by atoms with Crippen LogP contribution in [0.3, 0.4) is 0 Å². The van der Waals surface area contributed by atoms with E-state index < -0.39 is 5.82 Å². The number of nitrogens with zero attached hydrogens (tertiary/aromatic N) is 2. The molecule has 0 aliphatic heterocycles. The normalized spacial score (nSPS) is 12.4. The third-order valence-corrected chi connectivity index (χ3v) is 4.31. The summed E-state index contributed by atoms with van der Waals surface area (Å²) in [5.41, 5.74) is 1.39. The smallest absolute Gasteiger partial charge is 0.248 e. The van der Waals surface area contributed by atoms with E-state index in [0.717, 1.165) is 5.56 Å². The van der Waals surface area contributed by atoms with Crippen LogP contribution in [0.5, 0.6) is 0 Å². The topological polar surface area (TPSA) is 80.0 Å². The zero-order valence-electron chi connectivity index (χ0n) is 17.0. The van der Waals surface area contributed by atoms with Crippen molar-refractivity contribution in [2.45, 2.75) is 45.6 Å². The molecule has 2 aromatic carbocycles. The lowest BCUT2D eigenvalue weighted by Crippen LogP contribution is -2.16. The van der Waals surface area contributed by atoms with Crippen LogP contribution in [0.15, 0.2) is 53.1 Å². The summed E-state index contributed by atoms with van der Waals surface area (Å²) in [5, 5.41) is 9.85. The Hall–Kier alpha value is -3.22. The van der Waals surface area contributed by atoms with Gasteiger partial charge in [0.2, 0.25) is 11.8 Å². The molecule has 0 bridgehead atoms. The molecule has 0 spiro atoms. The van der Waals surface area contributed by atoms with Gasteiger partial charge in [-0.25, -0.2) is 4.39 Å². The molecule has 29 heavy (non-hydrogen) atoms. The van der Waals surface area contributed by atoms with Crippen LogP contribution in [0.25, 0.3) is 0 Å². The molecule has 2 N–H and O–H groups in total. The molecule has 7 heteroatoms. The molecule has 3 aromatic rings. The van der Waals surface area contributed by atoms with Crippen molar-refractivity contribution < 1.29 is 13.7 Å². The second-order valence-corrected chi connectivity index (χ2v) is 7.98. The van der Waals surface area contributed by atoms with Crippen molar-refractivity contribution in [2.75, 3.05) is 10.6 Å². The molecule has 6 nitrogen and oxygen atoms in total. The highest BCUT2D eigenvalue weighted by Crippen LogP contribution is 2.25. The van der Waals surface area contributed by atoms with Gasteiger partial charge in [0, 0.05) is 11.1 Å². The fourth-order valence-corrected chi connectivity index (χ4v) is 2.71. The second kappa shape index (κ2) is 8.43. The predicted octanol–water partition coefficient (Wildman–Crippen LogP) is 4.86. The summed E-state index contributed by atoms with van der Waals surface area (Å²) >= 11 is 0. The lowest BCUT2D eigenvalue weighted by molar-refractivity contribution is -0.115. The SMILES string of the molecule is CC(Nc1ccc(F)c(NC(=O)Cc2ccccc2)c1)c1nc(C(C)(C)C)no1. The van der Waals surface area contributed by atoms with Gasteiger partial charge in [0.25, 0.3) is 0 Å². The molecule has 0 saturated heterocycles. The Morgan fingerprint density at radius 3 is 2.55 bits per heavy atom. The van der Waals surface area contributed by atoms with Gasteiger partial charge < -0.3 is 15.2 Å². The number of carbonyl (C=O) groups is 1. The van der Waals surface area contributed by atoms with Gasteiger partial charge in [-0.2, -0.15) is 4.98 Å². The van der Waals surface area contributed by atoms with Crippen LogP contribution in [0.2, 0.25) is 0 Å². The third kappa shape index (κ3) is 5.40. The molecule has 0 saturated carbocycles. The minimum Gasteiger partial charge on any atom is -0.374 e. The quantitative estimate of drug-likeness (QED) is 0.622. The van der Waals surface area contributed by atoms with Crippen LogP contribution >= 0.6 is 0 Å². The number of hydrogen-bond donors (Lipinski definition) is 2. The van der Waals surface area contributed by atoms with E-state index in [1.54, 1.807) is 12.1 Å². The number of carbonyl (C=O) groups excluding carboxylic acids is 1. The van der Waals surface area contributed by atoms with E-state index in [9.17, 15) is 9.18 Å². The zero-order chi connectivity index (χ0) is 21.0. The van der Waals surface area contributed by atoms with E-state index in [-0.39, 0.29) is 29.5 Å². The molecule has 0 radical (unpaired) electrons. The van der Waals surface area contributed by atoms with Crippen molar-refractivity contribution in [1.82, 2.24) is 10.1 Å². The first-order valence-corrected chi connectivity index (χ1v) is 9.46. The van der Waals surface area contributed by atoms with Crippen LogP contribution in [0.4, 0.5) is 15.8 Å². The van der Waals surface area contributed by atoms with Gasteiger partial charge in [0.1, 0.15) is 11.9 Å². The Morgan fingerprint density at radius 1 is 1.17 bits per heavy atom. The monoisotopic (exact) mass is 396 g/mol. The molecule has 1 unspecified atom stereocenters. The summed E-state index contributed by atoms with van der Waals surface area (Å²) in [6.45, 7) is 7.88. The number of hydrogen-bond acceptors (Lipinski definition) is 5. The number of benzene rings is 2. The predicted molar refractivity (Wildman–Crippen MR) is 110 cm³/mol. The molecule has 152 valence electrons. The highest BCUT2D eigenvalue weighted by Gasteiger charge is 2.23. The molecule has 1 atom stereocenters. The van der Waals surface area contributed by atoms with Gasteiger partial charge in [-0.05, 0) is 30.7 Å². The van der Waals surface area contributed by atoms with E-state index in [4.69, 9.17) is 4.52 Å². The maximum atomic E-state index is 14.2. The molecule has 0 fully saturated rings. The van der Waals surface area contributed by atoms with Crippen LogP contribution in [-0.2, 0) is 16.6 Å². The van der Waals surface area contributed by atoms with Gasteiger partial charge >= 0.3 is 0 Å². The molecule has 0 aliphatic rings. The van der Waals surface area contributed by atoms with Crippen molar-refractivity contribution >= 4 is 17.3 Å². The lowest BCUT2D eigenvalue weighted by Gasteiger charge is -2.14. The Bertz CT molecular complexity index is 980. The first kappa shape index (κ1) is 20.5. The van der Waals surface area contributed by atoms with Gasteiger partial charge in [0.05, 0.1) is 12.1 Å². The number of halogens is 1. The Kier molecular flexibility index (Phi) is 5.96. The average Bonchev–Trinajstić information content (AvgIpc) is 3.16. The summed E-state index contributed by atoms with van der Waals surface area (Å²) in [4.78, 5) is 16.7. The number of anilines is 2. The number of rotatable bonds is 6. The third-order valence-electron chi connectivity index (χ3n) is 4.31. The Balaban J connectivity index is 1.68. The van der Waals surface area contributed by atoms with Crippen molar-refractivity contribution in [2.24, 2.45) is 0 Å². The fraction of sp³-hybridized carbons (Fsp3) is 0.318. The number of aromatic nitrogens is 2. The molecule has 1 aromatic heterocycles. The van der Waals surface area contributed by atoms with E-state index in [1.165, 1.54) is 6.07 Å². The highest BCUT2D eigenvalue weighted by atomic mass is 19.1. The molecule has 0 aliphatic carbocycles. The van der Waals surface area contributed by atoms with E-state index in [0.29, 0.717) is 17.4 Å². The molecule has 1 amide bonds.